The lowest BCUT2D eigenvalue weighted by Crippen LogP contribution is -2.43. The molecule has 1 rings (SSSR count). The Morgan fingerprint density at radius 2 is 1.88 bits per heavy atom. The molecule has 0 aromatic heterocycles. The summed E-state index contributed by atoms with van der Waals surface area (Å²) in [4.78, 5) is 0. The molecule has 0 radical (unpaired) electrons. The van der Waals surface area contributed by atoms with Crippen molar-refractivity contribution in [3.05, 3.63) is 0 Å². The van der Waals surface area contributed by atoms with Crippen LogP contribution in [0.4, 0.5) is 0 Å². The minimum Gasteiger partial charge on any atom is -0.271 e. The summed E-state index contributed by atoms with van der Waals surface area (Å²) in [6, 6.07) is 0.155. The molecule has 0 amide bonds. The Balaban J connectivity index is 2.41. The number of nitrogens with one attached hydrogen (secondary N) is 1. The van der Waals surface area contributed by atoms with Gasteiger partial charge < -0.3 is 0 Å². The minimum atomic E-state index is -2.88. The Bertz CT molecular complexity index is 308. The molecule has 1 atom stereocenters. The van der Waals surface area contributed by atoms with E-state index >= 15 is 0 Å². The van der Waals surface area contributed by atoms with Crippen LogP contribution in [0.15, 0.2) is 0 Å². The average molecular weight is 262 g/mol. The van der Waals surface area contributed by atoms with Crippen molar-refractivity contribution in [1.29, 1.82) is 0 Å². The molecule has 1 aliphatic rings. The summed E-state index contributed by atoms with van der Waals surface area (Å²) >= 11 is 0. The van der Waals surface area contributed by atoms with Crippen LogP contribution in [0.5, 0.6) is 0 Å². The molecule has 0 bridgehead atoms. The van der Waals surface area contributed by atoms with E-state index in [2.05, 4.69) is 12.3 Å². The summed E-state index contributed by atoms with van der Waals surface area (Å²) in [7, 11) is -2.88. The molecule has 0 saturated heterocycles. The molecule has 0 aromatic rings. The highest BCUT2D eigenvalue weighted by atomic mass is 32.2. The minimum absolute atomic E-state index is 0.155. The maximum absolute atomic E-state index is 11.2. The van der Waals surface area contributed by atoms with Crippen LogP contribution in [0.3, 0.4) is 0 Å². The van der Waals surface area contributed by atoms with Gasteiger partial charge in [-0.1, -0.05) is 26.2 Å². The van der Waals surface area contributed by atoms with Crippen molar-refractivity contribution in [2.24, 2.45) is 17.7 Å². The molecule has 5 heteroatoms. The molecule has 102 valence electrons. The number of hydrogen-bond acceptors (Lipinski definition) is 4. The summed E-state index contributed by atoms with van der Waals surface area (Å²) in [5.74, 6) is 7.19. The van der Waals surface area contributed by atoms with Gasteiger partial charge in [-0.05, 0) is 31.1 Å². The monoisotopic (exact) mass is 262 g/mol. The normalized spacial score (nSPS) is 27.9. The van der Waals surface area contributed by atoms with Crippen LogP contribution in [0, 0.1) is 11.8 Å². The van der Waals surface area contributed by atoms with Gasteiger partial charge in [-0.2, -0.15) is 0 Å². The number of hydrogen-bond donors (Lipinski definition) is 2. The predicted molar refractivity (Wildman–Crippen MR) is 71.2 cm³/mol. The van der Waals surface area contributed by atoms with Crippen molar-refractivity contribution in [3.63, 3.8) is 0 Å². The van der Waals surface area contributed by atoms with Gasteiger partial charge in [0.05, 0.1) is 5.75 Å². The van der Waals surface area contributed by atoms with Crippen LogP contribution in [0.2, 0.25) is 0 Å². The largest absolute Gasteiger partial charge is 0.271 e. The zero-order chi connectivity index (χ0) is 12.9. The summed E-state index contributed by atoms with van der Waals surface area (Å²) in [6.45, 7) is 2.24. The number of hydrazine groups is 1. The van der Waals surface area contributed by atoms with Crippen LogP contribution < -0.4 is 11.3 Å². The van der Waals surface area contributed by atoms with Gasteiger partial charge in [-0.15, -0.1) is 0 Å². The zero-order valence-corrected chi connectivity index (χ0v) is 11.8. The van der Waals surface area contributed by atoms with Crippen LogP contribution in [0.25, 0.3) is 0 Å². The first kappa shape index (κ1) is 14.9. The van der Waals surface area contributed by atoms with E-state index in [0.717, 1.165) is 5.92 Å². The van der Waals surface area contributed by atoms with E-state index in [-0.39, 0.29) is 11.8 Å². The summed E-state index contributed by atoms with van der Waals surface area (Å²) < 4.78 is 22.3. The molecule has 0 heterocycles. The highest BCUT2D eigenvalue weighted by Gasteiger charge is 2.26. The molecule has 0 aromatic carbocycles. The van der Waals surface area contributed by atoms with E-state index in [4.69, 9.17) is 5.84 Å². The third kappa shape index (κ3) is 5.36. The Morgan fingerprint density at radius 3 is 2.29 bits per heavy atom. The molecule has 0 aliphatic heterocycles. The summed E-state index contributed by atoms with van der Waals surface area (Å²) in [5.41, 5.74) is 2.81. The molecule has 1 unspecified atom stereocenters. The quantitative estimate of drug-likeness (QED) is 0.561. The van der Waals surface area contributed by atoms with Crippen molar-refractivity contribution >= 4 is 9.84 Å². The predicted octanol–water partition coefficient (Wildman–Crippen LogP) is 1.47. The maximum atomic E-state index is 11.2. The lowest BCUT2D eigenvalue weighted by atomic mass is 9.77. The van der Waals surface area contributed by atoms with Gasteiger partial charge in [0.15, 0.2) is 0 Å². The van der Waals surface area contributed by atoms with Crippen molar-refractivity contribution < 1.29 is 8.42 Å². The van der Waals surface area contributed by atoms with Gasteiger partial charge >= 0.3 is 0 Å². The van der Waals surface area contributed by atoms with Gasteiger partial charge in [0, 0.05) is 12.3 Å². The fraction of sp³-hybridized carbons (Fsp3) is 1.00. The van der Waals surface area contributed by atoms with E-state index in [9.17, 15) is 8.42 Å². The van der Waals surface area contributed by atoms with Crippen LogP contribution in [-0.2, 0) is 9.84 Å². The lowest BCUT2D eigenvalue weighted by Gasteiger charge is -2.33. The van der Waals surface area contributed by atoms with Gasteiger partial charge in [0.25, 0.3) is 0 Å². The first-order chi connectivity index (χ1) is 7.96. The Labute approximate surface area is 105 Å². The van der Waals surface area contributed by atoms with Crippen molar-refractivity contribution in [1.82, 2.24) is 5.43 Å². The smallest absolute Gasteiger partial charge is 0.147 e. The Kier molecular flexibility index (Phi) is 5.89. The number of nitrogens with two attached hydrogens (primary N) is 1. The standard InChI is InChI=1S/C12H26N2O2S/c1-3-10-4-6-11(7-5-10)12(14-13)8-9-17(2,15)16/h10-12,14H,3-9,13H2,1-2H3. The van der Waals surface area contributed by atoms with Crippen molar-refractivity contribution in [2.75, 3.05) is 12.0 Å². The molecule has 3 N–H and O–H groups in total. The topological polar surface area (TPSA) is 72.2 Å². The van der Waals surface area contributed by atoms with Crippen molar-refractivity contribution in [2.45, 2.75) is 51.5 Å². The number of rotatable bonds is 6. The van der Waals surface area contributed by atoms with Crippen LogP contribution >= 0.6 is 0 Å². The third-order valence-corrected chi connectivity index (χ3v) is 5.03. The first-order valence-corrected chi connectivity index (χ1v) is 8.66. The van der Waals surface area contributed by atoms with Crippen LogP contribution in [-0.4, -0.2) is 26.5 Å². The molecular weight excluding hydrogens is 236 g/mol. The average Bonchev–Trinajstić information content (AvgIpc) is 2.29. The summed E-state index contributed by atoms with van der Waals surface area (Å²) in [5, 5.41) is 0. The Morgan fingerprint density at radius 1 is 1.29 bits per heavy atom. The molecule has 1 saturated carbocycles. The number of sulfone groups is 1. The first-order valence-electron chi connectivity index (χ1n) is 6.60. The summed E-state index contributed by atoms with van der Waals surface area (Å²) in [6.07, 6.45) is 8.06. The second-order valence-corrected chi connectivity index (χ2v) is 7.64. The third-order valence-electron chi connectivity index (χ3n) is 4.05. The van der Waals surface area contributed by atoms with E-state index in [1.807, 2.05) is 0 Å². The highest BCUT2D eigenvalue weighted by molar-refractivity contribution is 7.90. The molecule has 1 fully saturated rings. The van der Waals surface area contributed by atoms with E-state index in [1.54, 1.807) is 0 Å². The SMILES string of the molecule is CCC1CCC(C(CCS(C)(=O)=O)NN)CC1. The molecule has 1 aliphatic carbocycles. The fourth-order valence-electron chi connectivity index (χ4n) is 2.80. The zero-order valence-electron chi connectivity index (χ0n) is 11.0. The van der Waals surface area contributed by atoms with E-state index in [0.29, 0.717) is 12.3 Å². The molecule has 17 heavy (non-hydrogen) atoms. The van der Waals surface area contributed by atoms with Crippen LogP contribution in [0.1, 0.15) is 45.4 Å². The van der Waals surface area contributed by atoms with Gasteiger partial charge in [-0.25, -0.2) is 8.42 Å². The van der Waals surface area contributed by atoms with Crippen molar-refractivity contribution in [3.8, 4) is 0 Å². The highest BCUT2D eigenvalue weighted by Crippen LogP contribution is 2.33. The Hall–Kier alpha value is -0.130. The second kappa shape index (κ2) is 6.71. The second-order valence-electron chi connectivity index (χ2n) is 5.38. The lowest BCUT2D eigenvalue weighted by molar-refractivity contribution is 0.215. The fourth-order valence-corrected chi connectivity index (χ4v) is 3.48. The maximum Gasteiger partial charge on any atom is 0.147 e. The molecule has 4 nitrogen and oxygen atoms in total. The molecular formula is C12H26N2O2S. The van der Waals surface area contributed by atoms with E-state index in [1.165, 1.54) is 38.4 Å². The molecule has 0 spiro atoms. The van der Waals surface area contributed by atoms with E-state index < -0.39 is 9.84 Å². The van der Waals surface area contributed by atoms with Gasteiger partial charge in [0.1, 0.15) is 9.84 Å². The van der Waals surface area contributed by atoms with Gasteiger partial charge in [0.2, 0.25) is 0 Å². The van der Waals surface area contributed by atoms with Gasteiger partial charge in [-0.3, -0.25) is 11.3 Å².